The summed E-state index contributed by atoms with van der Waals surface area (Å²) in [5.41, 5.74) is 2.43. The molecule has 3 heteroatoms. The lowest BCUT2D eigenvalue weighted by atomic mass is 10.2. The zero-order chi connectivity index (χ0) is 13.5. The molecule has 19 heavy (non-hydrogen) atoms. The Morgan fingerprint density at radius 2 is 2.00 bits per heavy atom. The van der Waals surface area contributed by atoms with E-state index in [2.05, 4.69) is 30.2 Å². The molecule has 0 saturated carbocycles. The van der Waals surface area contributed by atoms with Gasteiger partial charge >= 0.3 is 0 Å². The Morgan fingerprint density at radius 3 is 2.68 bits per heavy atom. The predicted molar refractivity (Wildman–Crippen MR) is 77.5 cm³/mol. The van der Waals surface area contributed by atoms with Gasteiger partial charge in [0.1, 0.15) is 5.75 Å². The van der Waals surface area contributed by atoms with E-state index in [0.29, 0.717) is 5.88 Å². The average molecular weight is 256 g/mol. The maximum absolute atomic E-state index is 5.75. The van der Waals surface area contributed by atoms with Crippen molar-refractivity contribution in [3.8, 4) is 11.6 Å². The van der Waals surface area contributed by atoms with Gasteiger partial charge in [0, 0.05) is 18.8 Å². The van der Waals surface area contributed by atoms with Crippen molar-refractivity contribution in [3.05, 3.63) is 53.7 Å². The van der Waals surface area contributed by atoms with E-state index in [4.69, 9.17) is 4.74 Å². The van der Waals surface area contributed by atoms with Crippen LogP contribution in [0.5, 0.6) is 11.6 Å². The molecule has 0 saturated heterocycles. The van der Waals surface area contributed by atoms with Gasteiger partial charge in [-0.05, 0) is 36.2 Å². The summed E-state index contributed by atoms with van der Waals surface area (Å²) in [6.45, 7) is 6.02. The third kappa shape index (κ3) is 4.07. The van der Waals surface area contributed by atoms with Crippen molar-refractivity contribution in [3.63, 3.8) is 0 Å². The van der Waals surface area contributed by atoms with E-state index in [0.717, 1.165) is 30.8 Å². The molecular formula is C16H20N2O. The summed E-state index contributed by atoms with van der Waals surface area (Å²) in [6.07, 6.45) is 2.86. The fourth-order valence-electron chi connectivity index (χ4n) is 1.79. The molecule has 1 heterocycles. The second kappa shape index (κ2) is 6.90. The van der Waals surface area contributed by atoms with Gasteiger partial charge in [-0.3, -0.25) is 0 Å². The van der Waals surface area contributed by atoms with Crippen LogP contribution in [0.15, 0.2) is 42.6 Å². The molecule has 100 valence electrons. The highest BCUT2D eigenvalue weighted by Gasteiger charge is 2.00. The minimum atomic E-state index is 0.633. The Bertz CT molecular complexity index is 508. The highest BCUT2D eigenvalue weighted by Crippen LogP contribution is 2.20. The maximum Gasteiger partial charge on any atom is 0.219 e. The fourth-order valence-corrected chi connectivity index (χ4v) is 1.79. The SMILES string of the molecule is CCNCc1ccc(Oc2cccc(CC)c2)nc1. The minimum absolute atomic E-state index is 0.633. The van der Waals surface area contributed by atoms with Gasteiger partial charge in [0.05, 0.1) is 0 Å². The van der Waals surface area contributed by atoms with Gasteiger partial charge in [0.2, 0.25) is 5.88 Å². The van der Waals surface area contributed by atoms with Crippen molar-refractivity contribution in [2.75, 3.05) is 6.54 Å². The summed E-state index contributed by atoms with van der Waals surface area (Å²) in [5.74, 6) is 1.47. The van der Waals surface area contributed by atoms with Gasteiger partial charge in [0.25, 0.3) is 0 Å². The number of nitrogens with one attached hydrogen (secondary N) is 1. The lowest BCUT2D eigenvalue weighted by Crippen LogP contribution is -2.11. The number of hydrogen-bond acceptors (Lipinski definition) is 3. The highest BCUT2D eigenvalue weighted by atomic mass is 16.5. The van der Waals surface area contributed by atoms with Crippen LogP contribution in [-0.4, -0.2) is 11.5 Å². The summed E-state index contributed by atoms with van der Waals surface area (Å²) < 4.78 is 5.75. The molecule has 0 spiro atoms. The molecule has 0 atom stereocenters. The summed E-state index contributed by atoms with van der Waals surface area (Å²) in [6, 6.07) is 12.1. The van der Waals surface area contributed by atoms with Crippen LogP contribution in [0.2, 0.25) is 0 Å². The Kier molecular flexibility index (Phi) is 4.93. The van der Waals surface area contributed by atoms with Crippen LogP contribution in [0, 0.1) is 0 Å². The molecule has 1 aromatic carbocycles. The van der Waals surface area contributed by atoms with E-state index < -0.39 is 0 Å². The molecular weight excluding hydrogens is 236 g/mol. The molecule has 2 rings (SSSR count). The van der Waals surface area contributed by atoms with E-state index in [-0.39, 0.29) is 0 Å². The molecule has 0 unspecified atom stereocenters. The van der Waals surface area contributed by atoms with Crippen LogP contribution in [0.3, 0.4) is 0 Å². The lowest BCUT2D eigenvalue weighted by molar-refractivity contribution is 0.461. The third-order valence-corrected chi connectivity index (χ3v) is 2.91. The van der Waals surface area contributed by atoms with Crippen LogP contribution in [0.1, 0.15) is 25.0 Å². The van der Waals surface area contributed by atoms with Crippen molar-refractivity contribution in [2.24, 2.45) is 0 Å². The van der Waals surface area contributed by atoms with Crippen LogP contribution < -0.4 is 10.1 Å². The largest absolute Gasteiger partial charge is 0.439 e. The first kappa shape index (κ1) is 13.6. The van der Waals surface area contributed by atoms with Crippen molar-refractivity contribution in [1.29, 1.82) is 0 Å². The monoisotopic (exact) mass is 256 g/mol. The summed E-state index contributed by atoms with van der Waals surface area (Å²) in [5, 5.41) is 3.27. The number of nitrogens with zero attached hydrogens (tertiary/aromatic N) is 1. The molecule has 3 nitrogen and oxygen atoms in total. The van der Waals surface area contributed by atoms with E-state index >= 15 is 0 Å². The van der Waals surface area contributed by atoms with Crippen LogP contribution in [0.25, 0.3) is 0 Å². The van der Waals surface area contributed by atoms with Gasteiger partial charge in [0.15, 0.2) is 0 Å². The first-order valence-electron chi connectivity index (χ1n) is 6.74. The molecule has 0 aliphatic heterocycles. The predicted octanol–water partition coefficient (Wildman–Crippen LogP) is 3.55. The van der Waals surface area contributed by atoms with E-state index in [1.807, 2.05) is 36.5 Å². The van der Waals surface area contributed by atoms with Crippen molar-refractivity contribution in [2.45, 2.75) is 26.8 Å². The Balaban J connectivity index is 2.02. The molecule has 0 amide bonds. The van der Waals surface area contributed by atoms with Gasteiger partial charge in [-0.15, -0.1) is 0 Å². The molecule has 1 aromatic heterocycles. The summed E-state index contributed by atoms with van der Waals surface area (Å²) in [7, 11) is 0. The molecule has 0 aliphatic carbocycles. The number of pyridine rings is 1. The first-order valence-corrected chi connectivity index (χ1v) is 6.74. The van der Waals surface area contributed by atoms with Gasteiger partial charge < -0.3 is 10.1 Å². The van der Waals surface area contributed by atoms with Crippen LogP contribution in [0.4, 0.5) is 0 Å². The highest BCUT2D eigenvalue weighted by molar-refractivity contribution is 5.32. The first-order chi connectivity index (χ1) is 9.31. The normalized spacial score (nSPS) is 10.4. The smallest absolute Gasteiger partial charge is 0.219 e. The topological polar surface area (TPSA) is 34.1 Å². The molecule has 0 radical (unpaired) electrons. The Morgan fingerprint density at radius 1 is 1.11 bits per heavy atom. The van der Waals surface area contributed by atoms with E-state index in [9.17, 15) is 0 Å². The molecule has 1 N–H and O–H groups in total. The van der Waals surface area contributed by atoms with Gasteiger partial charge in [-0.1, -0.05) is 32.0 Å². The molecule has 2 aromatic rings. The standard InChI is InChI=1S/C16H20N2O/c1-3-13-6-5-7-15(10-13)19-16-9-8-14(12-18-16)11-17-4-2/h5-10,12,17H,3-4,11H2,1-2H3. The molecule has 0 fully saturated rings. The molecule has 0 bridgehead atoms. The van der Waals surface area contributed by atoms with Crippen LogP contribution in [-0.2, 0) is 13.0 Å². The lowest BCUT2D eigenvalue weighted by Gasteiger charge is -2.07. The Hall–Kier alpha value is -1.87. The average Bonchev–Trinajstić information content (AvgIpc) is 2.47. The van der Waals surface area contributed by atoms with Gasteiger partial charge in [-0.2, -0.15) is 0 Å². The molecule has 0 aliphatic rings. The van der Waals surface area contributed by atoms with Crippen molar-refractivity contribution in [1.82, 2.24) is 10.3 Å². The number of aryl methyl sites for hydroxylation is 1. The summed E-state index contributed by atoms with van der Waals surface area (Å²) >= 11 is 0. The Labute approximate surface area is 114 Å². The van der Waals surface area contributed by atoms with Crippen molar-refractivity contribution < 1.29 is 4.74 Å². The number of rotatable bonds is 6. The fraction of sp³-hybridized carbons (Fsp3) is 0.312. The minimum Gasteiger partial charge on any atom is -0.439 e. The number of ether oxygens (including phenoxy) is 1. The quantitative estimate of drug-likeness (QED) is 0.858. The zero-order valence-electron chi connectivity index (χ0n) is 11.5. The van der Waals surface area contributed by atoms with E-state index in [1.54, 1.807) is 0 Å². The van der Waals surface area contributed by atoms with E-state index in [1.165, 1.54) is 5.56 Å². The van der Waals surface area contributed by atoms with Gasteiger partial charge in [-0.25, -0.2) is 4.98 Å². The number of benzene rings is 1. The number of hydrogen-bond donors (Lipinski definition) is 1. The van der Waals surface area contributed by atoms with Crippen LogP contribution >= 0.6 is 0 Å². The third-order valence-electron chi connectivity index (χ3n) is 2.91. The second-order valence-electron chi connectivity index (χ2n) is 4.39. The number of aromatic nitrogens is 1. The van der Waals surface area contributed by atoms with Crippen molar-refractivity contribution >= 4 is 0 Å². The summed E-state index contributed by atoms with van der Waals surface area (Å²) in [4.78, 5) is 4.32. The maximum atomic E-state index is 5.75. The second-order valence-corrected chi connectivity index (χ2v) is 4.39. The zero-order valence-corrected chi connectivity index (χ0v) is 11.5.